The average Bonchev–Trinajstić information content (AvgIpc) is 3.22. The Hall–Kier alpha value is -3.27. The summed E-state index contributed by atoms with van der Waals surface area (Å²) in [6.07, 6.45) is 1.43. The molecule has 0 spiro atoms. The number of carbonyl (C=O) groups excluding carboxylic acids is 2. The number of fused-ring (bicyclic) bond motifs is 3. The number of nitrogens with two attached hydrogens (primary N) is 1. The summed E-state index contributed by atoms with van der Waals surface area (Å²) in [5.74, 6) is 1.59. The van der Waals surface area contributed by atoms with E-state index in [9.17, 15) is 19.8 Å². The van der Waals surface area contributed by atoms with Crippen LogP contribution in [0.2, 0.25) is 0 Å². The topological polar surface area (TPSA) is 123 Å². The molecule has 4 N–H and O–H groups in total. The van der Waals surface area contributed by atoms with Crippen molar-refractivity contribution >= 4 is 23.5 Å². The fraction of sp³-hybridized carbons (Fsp3) is 0.545. The van der Waals surface area contributed by atoms with E-state index in [4.69, 9.17) is 5.73 Å². The number of aliphatic hydroxyl groups excluding tert-OH is 2. The van der Waals surface area contributed by atoms with Gasteiger partial charge in [0, 0.05) is 31.7 Å². The molecular formula is C33H43N5O4. The fourth-order valence-corrected chi connectivity index (χ4v) is 8.25. The Labute approximate surface area is 248 Å². The first-order valence-corrected chi connectivity index (χ1v) is 15.2. The van der Waals surface area contributed by atoms with Crippen LogP contribution in [0, 0.1) is 23.2 Å². The van der Waals surface area contributed by atoms with E-state index >= 15 is 0 Å². The molecule has 2 aromatic carbocycles. The van der Waals surface area contributed by atoms with Crippen molar-refractivity contribution in [2.75, 3.05) is 26.2 Å². The summed E-state index contributed by atoms with van der Waals surface area (Å²) in [4.78, 5) is 37.0. The second-order valence-electron chi connectivity index (χ2n) is 13.3. The summed E-state index contributed by atoms with van der Waals surface area (Å²) >= 11 is 0. The molecule has 7 atom stereocenters. The summed E-state index contributed by atoms with van der Waals surface area (Å²) in [7, 11) is 0. The maximum atomic E-state index is 13.4. The van der Waals surface area contributed by atoms with Crippen LogP contribution in [0.5, 0.6) is 0 Å². The minimum Gasteiger partial charge on any atom is -0.394 e. The molecule has 3 saturated carbocycles. The number of benzene rings is 2. The Morgan fingerprint density at radius 3 is 2.40 bits per heavy atom. The summed E-state index contributed by atoms with van der Waals surface area (Å²) in [5, 5.41) is 21.0. The highest BCUT2D eigenvalue weighted by atomic mass is 16.3. The van der Waals surface area contributed by atoms with Crippen LogP contribution in [-0.4, -0.2) is 87.1 Å². The van der Waals surface area contributed by atoms with Crippen LogP contribution in [0.4, 0.5) is 5.69 Å². The van der Waals surface area contributed by atoms with E-state index in [0.29, 0.717) is 40.6 Å². The first-order chi connectivity index (χ1) is 20.0. The zero-order chi connectivity index (χ0) is 29.9. The normalized spacial score (nSPS) is 30.6. The summed E-state index contributed by atoms with van der Waals surface area (Å²) in [6.45, 7) is 11.5. The SMILES string of the molecule is C[C@H]1[C@@H](N2CCN(C(N)=Nc3ccc4c(c3)C(=O)N([C@H](CO)[C@@H](O)c3ccccc3)C4=O)C[C@@H]2C)C[C@@H]2C[C@@H]1C2(C)C. The lowest BCUT2D eigenvalue weighted by Gasteiger charge is -2.64. The van der Waals surface area contributed by atoms with Crippen molar-refractivity contribution < 1.29 is 19.8 Å². The van der Waals surface area contributed by atoms with E-state index in [0.717, 1.165) is 36.4 Å². The van der Waals surface area contributed by atoms with Crippen molar-refractivity contribution in [2.24, 2.45) is 33.9 Å². The Balaban J connectivity index is 1.14. The van der Waals surface area contributed by atoms with Crippen molar-refractivity contribution in [3.05, 3.63) is 65.2 Å². The molecule has 42 heavy (non-hydrogen) atoms. The third-order valence-corrected chi connectivity index (χ3v) is 10.9. The van der Waals surface area contributed by atoms with E-state index in [1.165, 1.54) is 12.8 Å². The monoisotopic (exact) mass is 573 g/mol. The predicted molar refractivity (Wildman–Crippen MR) is 161 cm³/mol. The van der Waals surface area contributed by atoms with Gasteiger partial charge >= 0.3 is 0 Å². The number of carbonyl (C=O) groups is 2. The van der Waals surface area contributed by atoms with E-state index in [1.807, 2.05) is 0 Å². The van der Waals surface area contributed by atoms with Crippen LogP contribution in [0.15, 0.2) is 53.5 Å². The summed E-state index contributed by atoms with van der Waals surface area (Å²) < 4.78 is 0. The van der Waals surface area contributed by atoms with Crippen molar-refractivity contribution in [3.63, 3.8) is 0 Å². The van der Waals surface area contributed by atoms with Gasteiger partial charge in [0.25, 0.3) is 11.8 Å². The molecule has 5 aliphatic rings. The standard InChI is InChI=1S/C33H43N5O4/c1-19-17-36(12-13-37(19)27-15-22-14-26(20(27)2)33(22,3)4)32(34)35-23-10-11-24-25(16-23)31(42)38(30(24)41)28(18-39)29(40)21-8-6-5-7-9-21/h5-11,16,19-20,22,26-29,39-40H,12-15,17-18H2,1-4H3,(H2,34,35)/t19-,20+,22-,26-,27-,28+,29-/m0/s1. The highest BCUT2D eigenvalue weighted by Gasteiger charge is 2.57. The smallest absolute Gasteiger partial charge is 0.262 e. The molecule has 2 bridgehead atoms. The number of amides is 2. The second-order valence-corrected chi connectivity index (χ2v) is 13.3. The van der Waals surface area contributed by atoms with Crippen LogP contribution in [0.3, 0.4) is 0 Å². The Kier molecular flexibility index (Phi) is 7.40. The second kappa shape index (κ2) is 10.8. The number of hydrogen-bond acceptors (Lipinski definition) is 6. The zero-order valence-electron chi connectivity index (χ0n) is 25.0. The van der Waals surface area contributed by atoms with E-state index in [1.54, 1.807) is 48.5 Å². The summed E-state index contributed by atoms with van der Waals surface area (Å²) in [6, 6.07) is 13.4. The van der Waals surface area contributed by atoms with Gasteiger partial charge < -0.3 is 20.8 Å². The minimum absolute atomic E-state index is 0.193. The minimum atomic E-state index is -1.22. The number of rotatable bonds is 6. The van der Waals surface area contributed by atoms with Gasteiger partial charge in [-0.15, -0.1) is 0 Å². The molecule has 0 aromatic heterocycles. The fourth-order valence-electron chi connectivity index (χ4n) is 8.25. The van der Waals surface area contributed by atoms with Gasteiger partial charge in [-0.2, -0.15) is 0 Å². The Bertz CT molecular complexity index is 1390. The summed E-state index contributed by atoms with van der Waals surface area (Å²) in [5.41, 5.74) is 8.38. The largest absolute Gasteiger partial charge is 0.394 e. The lowest BCUT2D eigenvalue weighted by molar-refractivity contribution is -0.147. The molecule has 2 aliphatic heterocycles. The maximum Gasteiger partial charge on any atom is 0.262 e. The Morgan fingerprint density at radius 1 is 1.05 bits per heavy atom. The third kappa shape index (κ3) is 4.62. The number of nitrogens with zero attached hydrogens (tertiary/aromatic N) is 4. The van der Waals surface area contributed by atoms with E-state index in [-0.39, 0.29) is 11.1 Å². The van der Waals surface area contributed by atoms with Crippen LogP contribution >= 0.6 is 0 Å². The lowest BCUT2D eigenvalue weighted by atomic mass is 9.44. The van der Waals surface area contributed by atoms with Crippen LogP contribution in [0.1, 0.15) is 72.9 Å². The maximum absolute atomic E-state index is 13.4. The highest BCUT2D eigenvalue weighted by Crippen LogP contribution is 2.62. The van der Waals surface area contributed by atoms with Gasteiger partial charge in [0.05, 0.1) is 29.5 Å². The number of imide groups is 1. The zero-order valence-corrected chi connectivity index (χ0v) is 25.0. The molecule has 9 nitrogen and oxygen atoms in total. The third-order valence-electron chi connectivity index (χ3n) is 10.9. The van der Waals surface area contributed by atoms with Crippen LogP contribution in [-0.2, 0) is 0 Å². The molecule has 1 saturated heterocycles. The van der Waals surface area contributed by atoms with Gasteiger partial charge in [-0.1, -0.05) is 51.1 Å². The van der Waals surface area contributed by atoms with Gasteiger partial charge in [-0.25, -0.2) is 4.99 Å². The van der Waals surface area contributed by atoms with Crippen molar-refractivity contribution in [1.82, 2.24) is 14.7 Å². The molecule has 2 amide bonds. The van der Waals surface area contributed by atoms with Gasteiger partial charge in [-0.3, -0.25) is 19.4 Å². The molecule has 4 fully saturated rings. The van der Waals surface area contributed by atoms with Gasteiger partial charge in [0.1, 0.15) is 6.10 Å². The molecule has 3 aliphatic carbocycles. The van der Waals surface area contributed by atoms with E-state index in [2.05, 4.69) is 42.5 Å². The van der Waals surface area contributed by atoms with Crippen LogP contribution < -0.4 is 5.73 Å². The quantitative estimate of drug-likeness (QED) is 0.275. The highest BCUT2D eigenvalue weighted by molar-refractivity contribution is 6.22. The van der Waals surface area contributed by atoms with E-state index < -0.39 is 30.6 Å². The molecule has 7 rings (SSSR count). The molecule has 2 aromatic rings. The molecule has 0 radical (unpaired) electrons. The number of aliphatic imine (C=N–C) groups is 1. The molecule has 224 valence electrons. The van der Waals surface area contributed by atoms with Crippen LogP contribution in [0.25, 0.3) is 0 Å². The average molecular weight is 574 g/mol. The van der Waals surface area contributed by atoms with Gasteiger partial charge in [0.15, 0.2) is 5.96 Å². The number of aliphatic hydroxyl groups is 2. The molecule has 9 heteroatoms. The number of hydrogen-bond donors (Lipinski definition) is 3. The first-order valence-electron chi connectivity index (χ1n) is 15.2. The van der Waals surface area contributed by atoms with Gasteiger partial charge in [-0.05, 0) is 66.7 Å². The Morgan fingerprint density at radius 2 is 1.76 bits per heavy atom. The van der Waals surface area contributed by atoms with Gasteiger partial charge in [0.2, 0.25) is 0 Å². The van der Waals surface area contributed by atoms with Crippen molar-refractivity contribution in [1.29, 1.82) is 0 Å². The first kappa shape index (κ1) is 28.8. The predicted octanol–water partition coefficient (Wildman–Crippen LogP) is 3.40. The molecule has 2 heterocycles. The van der Waals surface area contributed by atoms with Crippen molar-refractivity contribution in [3.8, 4) is 0 Å². The number of guanidine groups is 1. The number of piperazine rings is 1. The lowest BCUT2D eigenvalue weighted by Crippen LogP contribution is -2.65. The molecule has 0 unspecified atom stereocenters. The van der Waals surface area contributed by atoms with Crippen molar-refractivity contribution in [2.45, 2.75) is 64.8 Å². The molecular weight excluding hydrogens is 530 g/mol.